The van der Waals surface area contributed by atoms with Crippen molar-refractivity contribution in [1.82, 2.24) is 10.2 Å². The molecule has 148 valence electrons. The smallest absolute Gasteiger partial charge is 0.352 e. The Morgan fingerprint density at radius 1 is 1.44 bits per heavy atom. The van der Waals surface area contributed by atoms with Gasteiger partial charge in [-0.1, -0.05) is 21.1 Å². The fraction of sp³-hybridized carbons (Fsp3) is 0.533. The van der Waals surface area contributed by atoms with E-state index in [-0.39, 0.29) is 35.7 Å². The molecule has 0 saturated carbocycles. The molecule has 0 aromatic rings. The van der Waals surface area contributed by atoms with Gasteiger partial charge in [-0.25, -0.2) is 4.79 Å². The number of fused-ring (bicyclic) bond motifs is 1. The first-order chi connectivity index (χ1) is 12.8. The number of carbonyl (C=O) groups excluding carboxylic acids is 3. The molecule has 2 aliphatic heterocycles. The summed E-state index contributed by atoms with van der Waals surface area (Å²) >= 11 is 4.40. The molecule has 0 aromatic carbocycles. The third-order valence-corrected chi connectivity index (χ3v) is 5.68. The van der Waals surface area contributed by atoms with Crippen LogP contribution >= 0.6 is 27.7 Å². The number of thioether (sulfide) groups is 1. The third kappa shape index (κ3) is 4.68. The van der Waals surface area contributed by atoms with Gasteiger partial charge in [0.1, 0.15) is 36.5 Å². The van der Waals surface area contributed by atoms with Crippen LogP contribution in [0, 0.1) is 0 Å². The molecule has 0 unspecified atom stereocenters. The number of oxime groups is 1. The van der Waals surface area contributed by atoms with Gasteiger partial charge < -0.3 is 14.7 Å². The van der Waals surface area contributed by atoms with Crippen LogP contribution in [0.2, 0.25) is 0 Å². The average Bonchev–Trinajstić information content (AvgIpc) is 2.63. The molecule has 1 fully saturated rings. The Bertz CT molecular complexity index is 724. The molecule has 0 aliphatic carbocycles. The lowest BCUT2D eigenvalue weighted by atomic mass is 10.0. The second kappa shape index (κ2) is 9.33. The summed E-state index contributed by atoms with van der Waals surface area (Å²) in [5.41, 5.74) is 0.318. The van der Waals surface area contributed by atoms with Gasteiger partial charge in [-0.05, 0) is 0 Å². The van der Waals surface area contributed by atoms with Gasteiger partial charge in [0.05, 0.1) is 5.33 Å². The molecule has 27 heavy (non-hydrogen) atoms. The Hall–Kier alpha value is -1.92. The fourth-order valence-corrected chi connectivity index (χ4v) is 4.29. The number of amides is 1. The van der Waals surface area contributed by atoms with Gasteiger partial charge in [0, 0.05) is 24.8 Å². The highest BCUT2D eigenvalue weighted by atomic mass is 79.9. The maximum Gasteiger partial charge on any atom is 0.352 e. The van der Waals surface area contributed by atoms with Crippen LogP contribution in [0.25, 0.3) is 0 Å². The van der Waals surface area contributed by atoms with Gasteiger partial charge in [0.25, 0.3) is 0 Å². The van der Waals surface area contributed by atoms with Crippen molar-refractivity contribution in [2.24, 2.45) is 5.16 Å². The van der Waals surface area contributed by atoms with Crippen LogP contribution in [-0.2, 0) is 28.8 Å². The van der Waals surface area contributed by atoms with Crippen LogP contribution in [-0.4, -0.2) is 82.1 Å². The summed E-state index contributed by atoms with van der Waals surface area (Å²) in [7, 11) is 1.31. The number of ether oxygens (including phenoxy) is 1. The first kappa shape index (κ1) is 21.4. The van der Waals surface area contributed by atoms with Gasteiger partial charge in [-0.15, -0.1) is 11.8 Å². The number of aliphatic carboxylic acids is 1. The molecular formula is C15H18BrN3O7S. The summed E-state index contributed by atoms with van der Waals surface area (Å²) < 4.78 is 4.88. The Morgan fingerprint density at radius 2 is 2.15 bits per heavy atom. The number of hydrogen-bond donors (Lipinski definition) is 2. The van der Waals surface area contributed by atoms with E-state index in [1.54, 1.807) is 0 Å². The number of halogens is 1. The second-order valence-electron chi connectivity index (χ2n) is 5.58. The predicted octanol–water partition coefficient (Wildman–Crippen LogP) is -0.272. The van der Waals surface area contributed by atoms with Crippen LogP contribution in [0.5, 0.6) is 0 Å². The zero-order valence-electron chi connectivity index (χ0n) is 14.6. The lowest BCUT2D eigenvalue weighted by molar-refractivity contribution is -0.149. The van der Waals surface area contributed by atoms with E-state index in [9.17, 15) is 24.3 Å². The van der Waals surface area contributed by atoms with Gasteiger partial charge in [-0.3, -0.25) is 24.6 Å². The van der Waals surface area contributed by atoms with Crippen LogP contribution in [0.1, 0.15) is 6.92 Å². The molecule has 2 rings (SSSR count). The van der Waals surface area contributed by atoms with E-state index in [4.69, 9.17) is 4.74 Å². The van der Waals surface area contributed by atoms with Crippen molar-refractivity contribution in [2.45, 2.75) is 18.3 Å². The van der Waals surface area contributed by atoms with Gasteiger partial charge in [0.2, 0.25) is 5.91 Å². The number of carboxylic acid groups (broad SMARTS) is 1. The summed E-state index contributed by atoms with van der Waals surface area (Å²) in [4.78, 5) is 52.7. The summed E-state index contributed by atoms with van der Waals surface area (Å²) in [6.07, 6.45) is 0. The summed E-state index contributed by atoms with van der Waals surface area (Å²) in [5, 5.41) is 15.7. The largest absolute Gasteiger partial charge is 0.477 e. The van der Waals surface area contributed by atoms with E-state index in [0.717, 1.165) is 0 Å². The summed E-state index contributed by atoms with van der Waals surface area (Å²) in [6, 6.07) is -0.662. The molecule has 1 saturated heterocycles. The van der Waals surface area contributed by atoms with E-state index in [1.165, 1.54) is 30.7 Å². The van der Waals surface area contributed by atoms with E-state index >= 15 is 0 Å². The van der Waals surface area contributed by atoms with Crippen LogP contribution in [0.3, 0.4) is 0 Å². The molecule has 2 aliphatic rings. The fourth-order valence-electron chi connectivity index (χ4n) is 2.61. The predicted molar refractivity (Wildman–Crippen MR) is 99.4 cm³/mol. The number of nitrogens with one attached hydrogen (secondary N) is 1. The van der Waals surface area contributed by atoms with Crippen molar-refractivity contribution >= 4 is 57.0 Å². The number of carboxylic acids is 1. The van der Waals surface area contributed by atoms with Crippen LogP contribution < -0.4 is 5.32 Å². The monoisotopic (exact) mass is 463 g/mol. The zero-order chi connectivity index (χ0) is 20.1. The Kier molecular flexibility index (Phi) is 7.39. The minimum absolute atomic E-state index is 0.00596. The molecule has 12 heteroatoms. The van der Waals surface area contributed by atoms with E-state index in [2.05, 4.69) is 31.2 Å². The van der Waals surface area contributed by atoms with Crippen molar-refractivity contribution in [3.63, 3.8) is 0 Å². The lowest BCUT2D eigenvalue weighted by Gasteiger charge is -2.49. The lowest BCUT2D eigenvalue weighted by Crippen LogP contribution is -2.70. The van der Waals surface area contributed by atoms with Crippen molar-refractivity contribution in [3.8, 4) is 0 Å². The van der Waals surface area contributed by atoms with Crippen molar-refractivity contribution in [2.75, 3.05) is 31.3 Å². The standard InChI is InChI=1S/C15H18BrN3O7S/c1-7(20)26-5-8-6-27-14-11(13(22)19(14)12(8)15(23)24)17-4-9(18-25-2)10(21)3-16/h11,14,17H,3-6H2,1-2H3,(H,23,24)/b18-9-/t11-,14-/m1/s1. The molecule has 10 nitrogen and oxygen atoms in total. The van der Waals surface area contributed by atoms with Crippen molar-refractivity contribution in [3.05, 3.63) is 11.3 Å². The number of nitrogens with zero attached hydrogens (tertiary/aromatic N) is 2. The molecule has 0 radical (unpaired) electrons. The minimum Gasteiger partial charge on any atom is -0.477 e. The molecule has 0 spiro atoms. The number of carbonyl (C=O) groups is 4. The summed E-state index contributed by atoms with van der Waals surface area (Å²) in [5.74, 6) is -2.21. The molecular weight excluding hydrogens is 446 g/mol. The molecule has 2 atom stereocenters. The molecule has 0 bridgehead atoms. The highest BCUT2D eigenvalue weighted by Crippen LogP contribution is 2.40. The number of rotatable bonds is 9. The third-order valence-electron chi connectivity index (χ3n) is 3.83. The number of β-lactam (4-membered cyclic amide) rings is 1. The topological polar surface area (TPSA) is 135 Å². The average molecular weight is 464 g/mol. The Labute approximate surface area is 167 Å². The van der Waals surface area contributed by atoms with Crippen molar-refractivity contribution < 1.29 is 33.9 Å². The summed E-state index contributed by atoms with van der Waals surface area (Å²) in [6.45, 7) is 1.05. The first-order valence-corrected chi connectivity index (χ1v) is 9.94. The number of esters is 1. The Balaban J connectivity index is 2.10. The first-order valence-electron chi connectivity index (χ1n) is 7.77. The molecule has 0 aromatic heterocycles. The number of hydrogen-bond acceptors (Lipinski definition) is 9. The second-order valence-corrected chi connectivity index (χ2v) is 7.25. The normalized spacial score (nSPS) is 22.1. The SMILES string of the molecule is CO/N=C(/CN[C@@H]1C(=O)N2C(C(=O)O)=C(COC(C)=O)CS[C@H]12)C(=O)CBr. The van der Waals surface area contributed by atoms with E-state index in [1.807, 2.05) is 0 Å². The molecule has 1 amide bonds. The zero-order valence-corrected chi connectivity index (χ0v) is 17.0. The number of ketones is 1. The molecule has 2 N–H and O–H groups in total. The highest BCUT2D eigenvalue weighted by molar-refractivity contribution is 9.09. The quantitative estimate of drug-likeness (QED) is 0.155. The van der Waals surface area contributed by atoms with Crippen LogP contribution in [0.15, 0.2) is 16.4 Å². The van der Waals surface area contributed by atoms with Crippen LogP contribution in [0.4, 0.5) is 0 Å². The van der Waals surface area contributed by atoms with Gasteiger partial charge in [0.15, 0.2) is 5.78 Å². The Morgan fingerprint density at radius 3 is 2.70 bits per heavy atom. The highest BCUT2D eigenvalue weighted by Gasteiger charge is 2.53. The van der Waals surface area contributed by atoms with Gasteiger partial charge in [-0.2, -0.15) is 0 Å². The molecule has 2 heterocycles. The number of Topliss-reactive ketones (excluding diaryl/α,β-unsaturated/α-hetero) is 1. The van der Waals surface area contributed by atoms with E-state index < -0.39 is 29.3 Å². The maximum absolute atomic E-state index is 12.5. The minimum atomic E-state index is -1.26. The van der Waals surface area contributed by atoms with Gasteiger partial charge >= 0.3 is 11.9 Å². The number of alkyl halides is 1. The maximum atomic E-state index is 12.5. The van der Waals surface area contributed by atoms with E-state index in [0.29, 0.717) is 11.3 Å². The van der Waals surface area contributed by atoms with Crippen molar-refractivity contribution in [1.29, 1.82) is 0 Å².